The Morgan fingerprint density at radius 3 is 1.95 bits per heavy atom. The number of nitrogens with one attached hydrogen (secondary N) is 3. The quantitative estimate of drug-likeness (QED) is 0.125. The van der Waals surface area contributed by atoms with E-state index in [0.29, 0.717) is 36.9 Å². The number of carboxylic acids is 1. The molecular formula is C28H39N5O7. The average molecular weight is 558 g/mol. The van der Waals surface area contributed by atoms with Crippen molar-refractivity contribution in [2.45, 2.75) is 69.3 Å². The lowest BCUT2D eigenvalue weighted by molar-refractivity contribution is -0.142. The second kappa shape index (κ2) is 16.2. The third kappa shape index (κ3) is 10.6. The van der Waals surface area contributed by atoms with Crippen LogP contribution in [0.25, 0.3) is 0 Å². The van der Waals surface area contributed by atoms with E-state index in [1.807, 2.05) is 0 Å². The van der Waals surface area contributed by atoms with Gasteiger partial charge in [-0.05, 0) is 49.6 Å². The Hall–Kier alpha value is -4.00. The van der Waals surface area contributed by atoms with E-state index in [1.165, 1.54) is 31.2 Å². The van der Waals surface area contributed by atoms with Gasteiger partial charge >= 0.3 is 5.97 Å². The first-order chi connectivity index (χ1) is 19.0. The summed E-state index contributed by atoms with van der Waals surface area (Å²) in [5.41, 5.74) is 12.6. The molecule has 2 rings (SSSR count). The summed E-state index contributed by atoms with van der Waals surface area (Å²) in [5, 5.41) is 36.9. The first kappa shape index (κ1) is 32.2. The van der Waals surface area contributed by atoms with Gasteiger partial charge in [-0.1, -0.05) is 48.9 Å². The molecule has 0 saturated heterocycles. The summed E-state index contributed by atoms with van der Waals surface area (Å²) in [6.45, 7) is 1.77. The topological polar surface area (TPSA) is 217 Å². The van der Waals surface area contributed by atoms with Crippen molar-refractivity contribution in [3.63, 3.8) is 0 Å². The number of phenols is 1. The zero-order chi connectivity index (χ0) is 29.7. The Morgan fingerprint density at radius 2 is 1.38 bits per heavy atom. The van der Waals surface area contributed by atoms with Crippen molar-refractivity contribution >= 4 is 23.7 Å². The number of aliphatic hydroxyl groups is 1. The highest BCUT2D eigenvalue weighted by Crippen LogP contribution is 2.12. The molecule has 2 aromatic rings. The molecule has 0 aliphatic carbocycles. The Bertz CT molecular complexity index is 1110. The number of aliphatic hydroxyl groups excluding tert-OH is 1. The second-order valence-electron chi connectivity index (χ2n) is 9.64. The molecule has 0 aliphatic heterocycles. The number of benzene rings is 2. The van der Waals surface area contributed by atoms with Crippen molar-refractivity contribution in [3.05, 3.63) is 65.7 Å². The van der Waals surface area contributed by atoms with Crippen molar-refractivity contribution in [1.29, 1.82) is 0 Å². The zero-order valence-electron chi connectivity index (χ0n) is 22.5. The van der Waals surface area contributed by atoms with Gasteiger partial charge in [-0.2, -0.15) is 0 Å². The van der Waals surface area contributed by atoms with Crippen LogP contribution in [0, 0.1) is 0 Å². The summed E-state index contributed by atoms with van der Waals surface area (Å²) in [5.74, 6) is -3.51. The minimum absolute atomic E-state index is 0.0153. The van der Waals surface area contributed by atoms with E-state index >= 15 is 0 Å². The Balaban J connectivity index is 2.19. The molecule has 10 N–H and O–H groups in total. The van der Waals surface area contributed by atoms with Crippen LogP contribution in [0.2, 0.25) is 0 Å². The lowest BCUT2D eigenvalue weighted by atomic mass is 10.0. The first-order valence-corrected chi connectivity index (χ1v) is 13.1. The van der Waals surface area contributed by atoms with Gasteiger partial charge in [0.15, 0.2) is 0 Å². The van der Waals surface area contributed by atoms with Crippen LogP contribution in [0.15, 0.2) is 54.6 Å². The Labute approximate surface area is 233 Å². The first-order valence-electron chi connectivity index (χ1n) is 13.1. The molecule has 0 bridgehead atoms. The summed E-state index contributed by atoms with van der Waals surface area (Å²) in [4.78, 5) is 51.0. The number of unbranched alkanes of at least 4 members (excludes halogenated alkanes) is 1. The van der Waals surface area contributed by atoms with Gasteiger partial charge in [0, 0.05) is 12.8 Å². The standard InChI is InChI=1S/C28H39N5O7/c1-17(34)24(33-25(36)21(30)9-5-6-14-29)27(38)31-22(15-18-7-3-2-4-8-18)26(37)32-23(28(39)40)16-19-10-12-20(35)13-11-19/h2-4,7-8,10-13,17,21-24,34-35H,5-6,9,14-16,29-30H2,1H3,(H,31,38)(H,32,37)(H,33,36)(H,39,40). The lowest BCUT2D eigenvalue weighted by Crippen LogP contribution is -2.60. The minimum atomic E-state index is -1.41. The summed E-state index contributed by atoms with van der Waals surface area (Å²) in [6.07, 6.45) is 0.271. The number of amides is 3. The fourth-order valence-electron chi connectivity index (χ4n) is 3.97. The van der Waals surface area contributed by atoms with Crippen LogP contribution in [-0.4, -0.2) is 75.8 Å². The van der Waals surface area contributed by atoms with Gasteiger partial charge in [0.25, 0.3) is 0 Å². The maximum Gasteiger partial charge on any atom is 0.326 e. The number of aromatic hydroxyl groups is 1. The number of carbonyl (C=O) groups is 4. The number of hydrogen-bond donors (Lipinski definition) is 8. The molecule has 0 aromatic heterocycles. The molecule has 0 heterocycles. The predicted octanol–water partition coefficient (Wildman–Crippen LogP) is -0.446. The van der Waals surface area contributed by atoms with Crippen LogP contribution >= 0.6 is 0 Å². The summed E-state index contributed by atoms with van der Waals surface area (Å²) >= 11 is 0. The maximum atomic E-state index is 13.3. The summed E-state index contributed by atoms with van der Waals surface area (Å²) in [6, 6.07) is 9.78. The van der Waals surface area contributed by atoms with Crippen molar-refractivity contribution in [3.8, 4) is 5.75 Å². The van der Waals surface area contributed by atoms with E-state index in [0.717, 1.165) is 0 Å². The van der Waals surface area contributed by atoms with Crippen LogP contribution < -0.4 is 27.4 Å². The Kier molecular flexibility index (Phi) is 13.0. The molecule has 5 unspecified atom stereocenters. The third-order valence-corrected chi connectivity index (χ3v) is 6.28. The molecule has 2 aromatic carbocycles. The van der Waals surface area contributed by atoms with Crippen LogP contribution in [0.3, 0.4) is 0 Å². The lowest BCUT2D eigenvalue weighted by Gasteiger charge is -2.26. The van der Waals surface area contributed by atoms with Gasteiger partial charge in [-0.25, -0.2) is 4.79 Å². The van der Waals surface area contributed by atoms with E-state index < -0.39 is 54.0 Å². The zero-order valence-corrected chi connectivity index (χ0v) is 22.5. The molecule has 218 valence electrons. The minimum Gasteiger partial charge on any atom is -0.508 e. The van der Waals surface area contributed by atoms with Crippen molar-refractivity contribution in [2.75, 3.05) is 6.54 Å². The molecule has 0 saturated carbocycles. The molecule has 0 fully saturated rings. The van der Waals surface area contributed by atoms with Gasteiger partial charge in [0.05, 0.1) is 12.1 Å². The fourth-order valence-corrected chi connectivity index (χ4v) is 3.97. The molecule has 12 nitrogen and oxygen atoms in total. The van der Waals surface area contributed by atoms with E-state index in [4.69, 9.17) is 11.5 Å². The molecule has 0 spiro atoms. The monoisotopic (exact) mass is 557 g/mol. The Morgan fingerprint density at radius 1 is 0.800 bits per heavy atom. The molecule has 40 heavy (non-hydrogen) atoms. The number of carboxylic acid groups (broad SMARTS) is 1. The van der Waals surface area contributed by atoms with Crippen LogP contribution in [0.5, 0.6) is 5.75 Å². The molecule has 3 amide bonds. The van der Waals surface area contributed by atoms with E-state index in [2.05, 4.69) is 16.0 Å². The third-order valence-electron chi connectivity index (χ3n) is 6.28. The van der Waals surface area contributed by atoms with Gasteiger partial charge in [-0.3, -0.25) is 14.4 Å². The second-order valence-corrected chi connectivity index (χ2v) is 9.64. The van der Waals surface area contributed by atoms with Crippen molar-refractivity contribution < 1.29 is 34.5 Å². The largest absolute Gasteiger partial charge is 0.508 e. The number of hydrogen-bond acceptors (Lipinski definition) is 8. The van der Waals surface area contributed by atoms with Gasteiger partial charge in [0.2, 0.25) is 17.7 Å². The highest BCUT2D eigenvalue weighted by Gasteiger charge is 2.32. The number of carbonyl (C=O) groups excluding carboxylic acids is 3. The van der Waals surface area contributed by atoms with Crippen molar-refractivity contribution in [2.24, 2.45) is 11.5 Å². The van der Waals surface area contributed by atoms with Gasteiger partial charge < -0.3 is 42.7 Å². The fraction of sp³-hybridized carbons (Fsp3) is 0.429. The molecule has 0 radical (unpaired) electrons. The van der Waals surface area contributed by atoms with Crippen LogP contribution in [0.4, 0.5) is 0 Å². The van der Waals surface area contributed by atoms with Crippen LogP contribution in [0.1, 0.15) is 37.3 Å². The van der Waals surface area contributed by atoms with E-state index in [1.54, 1.807) is 30.3 Å². The summed E-state index contributed by atoms with van der Waals surface area (Å²) < 4.78 is 0. The van der Waals surface area contributed by atoms with Gasteiger partial charge in [-0.15, -0.1) is 0 Å². The van der Waals surface area contributed by atoms with Crippen molar-refractivity contribution in [1.82, 2.24) is 16.0 Å². The number of phenolic OH excluding ortho intramolecular Hbond substituents is 1. The SMILES string of the molecule is CC(O)C(NC(=O)C(N)CCCCN)C(=O)NC(Cc1ccccc1)C(=O)NC(Cc1ccc(O)cc1)C(=O)O. The molecule has 0 aliphatic rings. The molecule has 5 atom stereocenters. The highest BCUT2D eigenvalue weighted by atomic mass is 16.4. The average Bonchev–Trinajstić information content (AvgIpc) is 2.92. The van der Waals surface area contributed by atoms with E-state index in [9.17, 15) is 34.5 Å². The van der Waals surface area contributed by atoms with Crippen LogP contribution in [-0.2, 0) is 32.0 Å². The molecule has 12 heteroatoms. The molecular weight excluding hydrogens is 518 g/mol. The smallest absolute Gasteiger partial charge is 0.326 e. The number of aliphatic carboxylic acids is 1. The number of nitrogens with two attached hydrogens (primary N) is 2. The normalized spacial score (nSPS) is 14.7. The highest BCUT2D eigenvalue weighted by molar-refractivity contribution is 5.94. The summed E-state index contributed by atoms with van der Waals surface area (Å²) in [7, 11) is 0. The van der Waals surface area contributed by atoms with Gasteiger partial charge in [0.1, 0.15) is 23.9 Å². The number of rotatable bonds is 16. The maximum absolute atomic E-state index is 13.3. The van der Waals surface area contributed by atoms with E-state index in [-0.39, 0.29) is 18.6 Å². The predicted molar refractivity (Wildman–Crippen MR) is 148 cm³/mol.